The van der Waals surface area contributed by atoms with Crippen LogP contribution in [0.25, 0.3) is 28.2 Å². The molecule has 3 heterocycles. The van der Waals surface area contributed by atoms with Crippen molar-refractivity contribution in [3.05, 3.63) is 95.7 Å². The van der Waals surface area contributed by atoms with Crippen LogP contribution in [0.15, 0.2) is 79.5 Å². The third kappa shape index (κ3) is 7.93. The van der Waals surface area contributed by atoms with E-state index in [1.165, 1.54) is 0 Å². The Morgan fingerprint density at radius 2 is 1.78 bits per heavy atom. The number of anilines is 1. The standard InChI is InChI=1S/C38H44ClN5O4Si/c1-26-21-41-36(44(38(45)27-11-12-27)22-28-13-14-29(46-2)19-35(28)47-3)20-34(26)43-23-31(30-9-7-8-10-33(30)39)32(24-43)37-40-15-16-42(37)25-48-17-18-49(4,5)6/h7-10,13-16,19-21,23-24,27H,11-12,17-18,22,25H2,1-6H3. The molecule has 5 aromatic rings. The van der Waals surface area contributed by atoms with Crippen LogP contribution in [0.3, 0.4) is 0 Å². The summed E-state index contributed by atoms with van der Waals surface area (Å²) in [7, 11) is 2.03. The largest absolute Gasteiger partial charge is 0.497 e. The molecule has 1 amide bonds. The fourth-order valence-corrected chi connectivity index (χ4v) is 6.76. The van der Waals surface area contributed by atoms with Gasteiger partial charge < -0.3 is 23.3 Å². The number of aryl methyl sites for hydroxylation is 1. The van der Waals surface area contributed by atoms with Gasteiger partial charge in [0.25, 0.3) is 0 Å². The van der Waals surface area contributed by atoms with E-state index in [1.807, 2.05) is 72.4 Å². The number of rotatable bonds is 14. The van der Waals surface area contributed by atoms with E-state index < -0.39 is 8.07 Å². The second kappa shape index (κ2) is 14.6. The number of hydrogen-bond donors (Lipinski definition) is 0. The Morgan fingerprint density at radius 3 is 2.49 bits per heavy atom. The Labute approximate surface area is 294 Å². The van der Waals surface area contributed by atoms with Crippen molar-refractivity contribution >= 4 is 31.4 Å². The van der Waals surface area contributed by atoms with Crippen molar-refractivity contribution in [3.8, 4) is 39.7 Å². The molecule has 1 fully saturated rings. The average molecular weight is 698 g/mol. The highest BCUT2D eigenvalue weighted by atomic mass is 35.5. The van der Waals surface area contributed by atoms with Crippen LogP contribution in [0.5, 0.6) is 11.5 Å². The average Bonchev–Trinajstić information content (AvgIpc) is 3.69. The van der Waals surface area contributed by atoms with E-state index in [9.17, 15) is 4.79 Å². The zero-order chi connectivity index (χ0) is 34.7. The highest BCUT2D eigenvalue weighted by Gasteiger charge is 2.35. The van der Waals surface area contributed by atoms with E-state index in [1.54, 1.807) is 25.3 Å². The van der Waals surface area contributed by atoms with E-state index in [0.717, 1.165) is 58.2 Å². The van der Waals surface area contributed by atoms with Crippen LogP contribution in [0.2, 0.25) is 30.7 Å². The van der Waals surface area contributed by atoms with E-state index in [2.05, 4.69) is 36.6 Å². The van der Waals surface area contributed by atoms with Gasteiger partial charge in [0.2, 0.25) is 5.91 Å². The maximum Gasteiger partial charge on any atom is 0.231 e. The number of amides is 1. The molecule has 0 radical (unpaired) electrons. The smallest absolute Gasteiger partial charge is 0.231 e. The van der Waals surface area contributed by atoms with Gasteiger partial charge in [-0.05, 0) is 49.6 Å². The number of methoxy groups -OCH3 is 2. The fourth-order valence-electron chi connectivity index (χ4n) is 5.77. The first-order valence-corrected chi connectivity index (χ1v) is 20.7. The summed E-state index contributed by atoms with van der Waals surface area (Å²) in [5, 5.41) is 0.646. The molecule has 2 aromatic carbocycles. The summed E-state index contributed by atoms with van der Waals surface area (Å²) in [4.78, 5) is 25.1. The van der Waals surface area contributed by atoms with Crippen LogP contribution in [0.4, 0.5) is 5.82 Å². The number of imidazole rings is 1. The monoisotopic (exact) mass is 697 g/mol. The number of hydrogen-bond acceptors (Lipinski definition) is 6. The number of nitrogens with zero attached hydrogens (tertiary/aromatic N) is 5. The molecule has 6 rings (SSSR count). The first kappa shape index (κ1) is 34.5. The summed E-state index contributed by atoms with van der Waals surface area (Å²) in [6, 6.07) is 16.6. The van der Waals surface area contributed by atoms with Crippen LogP contribution in [-0.2, 0) is 22.8 Å². The summed E-state index contributed by atoms with van der Waals surface area (Å²) < 4.78 is 21.3. The number of halogens is 1. The molecule has 49 heavy (non-hydrogen) atoms. The zero-order valence-corrected chi connectivity index (χ0v) is 30.8. The Morgan fingerprint density at radius 1 is 1.00 bits per heavy atom. The number of ether oxygens (including phenoxy) is 3. The van der Waals surface area contributed by atoms with Crippen molar-refractivity contribution in [3.63, 3.8) is 0 Å². The first-order valence-electron chi connectivity index (χ1n) is 16.6. The lowest BCUT2D eigenvalue weighted by molar-refractivity contribution is -0.119. The van der Waals surface area contributed by atoms with E-state index in [4.69, 9.17) is 35.8 Å². The molecule has 11 heteroatoms. The Kier molecular flexibility index (Phi) is 10.3. The van der Waals surface area contributed by atoms with Gasteiger partial charge in [0.05, 0.1) is 26.5 Å². The van der Waals surface area contributed by atoms with Crippen molar-refractivity contribution in [2.24, 2.45) is 5.92 Å². The molecule has 1 aliphatic rings. The normalized spacial score (nSPS) is 13.0. The lowest BCUT2D eigenvalue weighted by Gasteiger charge is -2.24. The molecule has 0 aliphatic heterocycles. The number of aromatic nitrogens is 4. The third-order valence-electron chi connectivity index (χ3n) is 8.80. The van der Waals surface area contributed by atoms with Crippen molar-refractivity contribution < 1.29 is 19.0 Å². The molecule has 9 nitrogen and oxygen atoms in total. The Balaban J connectivity index is 1.40. The Hall–Kier alpha value is -4.38. The van der Waals surface area contributed by atoms with Crippen molar-refractivity contribution in [1.82, 2.24) is 19.1 Å². The number of carbonyl (C=O) groups excluding carboxylic acids is 1. The van der Waals surface area contributed by atoms with Crippen molar-refractivity contribution in [2.75, 3.05) is 25.7 Å². The van der Waals surface area contributed by atoms with Crippen LogP contribution in [0.1, 0.15) is 24.0 Å². The first-order chi connectivity index (χ1) is 23.6. The minimum Gasteiger partial charge on any atom is -0.497 e. The van der Waals surface area contributed by atoms with Gasteiger partial charge >= 0.3 is 0 Å². The summed E-state index contributed by atoms with van der Waals surface area (Å²) in [5.74, 6) is 2.74. The predicted octanol–water partition coefficient (Wildman–Crippen LogP) is 8.64. The molecule has 1 aliphatic carbocycles. The maximum absolute atomic E-state index is 13.8. The highest BCUT2D eigenvalue weighted by molar-refractivity contribution is 6.76. The van der Waals surface area contributed by atoms with Gasteiger partial charge in [0, 0.05) is 91.0 Å². The lowest BCUT2D eigenvalue weighted by Crippen LogP contribution is -2.32. The van der Waals surface area contributed by atoms with Crippen LogP contribution in [-0.4, -0.2) is 53.9 Å². The molecule has 1 saturated carbocycles. The summed E-state index contributed by atoms with van der Waals surface area (Å²) >= 11 is 6.79. The molecule has 0 spiro atoms. The van der Waals surface area contributed by atoms with Gasteiger partial charge in [0.15, 0.2) is 0 Å². The number of pyridine rings is 1. The second-order valence-corrected chi connectivity index (χ2v) is 19.8. The molecule has 0 atom stereocenters. The van der Waals surface area contributed by atoms with Gasteiger partial charge in [-0.25, -0.2) is 9.97 Å². The fraction of sp³-hybridized carbons (Fsp3) is 0.342. The zero-order valence-electron chi connectivity index (χ0n) is 29.1. The molecule has 256 valence electrons. The minimum absolute atomic E-state index is 0.00683. The van der Waals surface area contributed by atoms with Gasteiger partial charge in [0.1, 0.15) is 29.9 Å². The van der Waals surface area contributed by atoms with Crippen LogP contribution < -0.4 is 14.4 Å². The Bertz CT molecular complexity index is 1940. The van der Waals surface area contributed by atoms with Gasteiger partial charge in [-0.15, -0.1) is 0 Å². The van der Waals surface area contributed by atoms with Crippen LogP contribution >= 0.6 is 11.6 Å². The third-order valence-corrected chi connectivity index (χ3v) is 10.8. The van der Waals surface area contributed by atoms with Gasteiger partial charge in [-0.2, -0.15) is 0 Å². The number of carbonyl (C=O) groups is 1. The summed E-state index contributed by atoms with van der Waals surface area (Å²) in [6.07, 6.45) is 11.5. The van der Waals surface area contributed by atoms with E-state index in [-0.39, 0.29) is 11.8 Å². The number of benzene rings is 2. The molecule has 0 N–H and O–H groups in total. The summed E-state index contributed by atoms with van der Waals surface area (Å²) in [5.41, 5.74) is 5.46. The van der Waals surface area contributed by atoms with Crippen molar-refractivity contribution in [2.45, 2.75) is 58.7 Å². The molecule has 3 aromatic heterocycles. The quantitative estimate of drug-likeness (QED) is 0.0854. The van der Waals surface area contributed by atoms with E-state index >= 15 is 0 Å². The predicted molar refractivity (Wildman–Crippen MR) is 198 cm³/mol. The summed E-state index contributed by atoms with van der Waals surface area (Å²) in [6.45, 7) is 10.5. The lowest BCUT2D eigenvalue weighted by atomic mass is 10.0. The second-order valence-electron chi connectivity index (χ2n) is 13.7. The van der Waals surface area contributed by atoms with E-state index in [0.29, 0.717) is 42.2 Å². The molecular formula is C38H44ClN5O4Si. The topological polar surface area (TPSA) is 83.6 Å². The SMILES string of the molecule is COc1ccc(CN(C(=O)C2CC2)c2cc(-n3cc(-c4ccccc4Cl)c(-c4nccn4COCC[Si](C)(C)C)c3)c(C)cn2)c(OC)c1. The molecular weight excluding hydrogens is 654 g/mol. The maximum atomic E-state index is 13.8. The molecule has 0 unspecified atom stereocenters. The van der Waals surface area contributed by atoms with Gasteiger partial charge in [-0.3, -0.25) is 9.69 Å². The minimum atomic E-state index is -1.22. The van der Waals surface area contributed by atoms with Crippen molar-refractivity contribution in [1.29, 1.82) is 0 Å². The molecule has 0 saturated heterocycles. The van der Waals surface area contributed by atoms with Gasteiger partial charge in [-0.1, -0.05) is 49.4 Å². The van der Waals surface area contributed by atoms with Crippen LogP contribution in [0, 0.1) is 12.8 Å². The molecule has 0 bridgehead atoms. The highest BCUT2D eigenvalue weighted by Crippen LogP contribution is 2.39.